The van der Waals surface area contributed by atoms with Gasteiger partial charge in [-0.15, -0.1) is 0 Å². The molecule has 1 amide bonds. The van der Waals surface area contributed by atoms with Crippen LogP contribution in [0.25, 0.3) is 0 Å². The van der Waals surface area contributed by atoms with Crippen molar-refractivity contribution in [2.24, 2.45) is 0 Å². The van der Waals surface area contributed by atoms with Gasteiger partial charge in [-0.3, -0.25) is 4.79 Å². The molecule has 1 heterocycles. The number of amides is 1. The number of carbonyl (C=O) groups excluding carboxylic acids is 1. The first-order chi connectivity index (χ1) is 6.74. The van der Waals surface area contributed by atoms with Gasteiger partial charge in [-0.2, -0.15) is 0 Å². The highest BCUT2D eigenvalue weighted by molar-refractivity contribution is 5.99. The molecule has 3 N–H and O–H groups in total. The standard InChI is InChI=1S/C10H11NO3/c12-5-8(13)7-3-1-2-6-4-11-10(14)9(6)7/h1-3,8,12-13H,4-5H2,(H,11,14). The van der Waals surface area contributed by atoms with Gasteiger partial charge in [0.2, 0.25) is 0 Å². The van der Waals surface area contributed by atoms with Crippen molar-refractivity contribution in [2.45, 2.75) is 12.6 Å². The van der Waals surface area contributed by atoms with Crippen molar-refractivity contribution in [3.05, 3.63) is 34.9 Å². The third-order valence-electron chi connectivity index (χ3n) is 2.38. The molecular formula is C10H11NO3. The van der Waals surface area contributed by atoms with E-state index in [0.717, 1.165) is 5.56 Å². The lowest BCUT2D eigenvalue weighted by molar-refractivity contribution is 0.0896. The monoisotopic (exact) mass is 193 g/mol. The van der Waals surface area contributed by atoms with Crippen molar-refractivity contribution in [3.63, 3.8) is 0 Å². The van der Waals surface area contributed by atoms with E-state index in [1.165, 1.54) is 0 Å². The Bertz CT molecular complexity index is 376. The zero-order chi connectivity index (χ0) is 10.1. The third-order valence-corrected chi connectivity index (χ3v) is 2.38. The Morgan fingerprint density at radius 1 is 1.50 bits per heavy atom. The summed E-state index contributed by atoms with van der Waals surface area (Å²) in [5.41, 5.74) is 1.88. The summed E-state index contributed by atoms with van der Waals surface area (Å²) in [6.07, 6.45) is -0.978. The van der Waals surface area contributed by atoms with E-state index in [1.807, 2.05) is 6.07 Å². The summed E-state index contributed by atoms with van der Waals surface area (Å²) in [5, 5.41) is 21.0. The molecule has 0 saturated heterocycles. The fourth-order valence-electron chi connectivity index (χ4n) is 1.68. The molecule has 1 unspecified atom stereocenters. The minimum Gasteiger partial charge on any atom is -0.393 e. The molecule has 14 heavy (non-hydrogen) atoms. The number of hydrogen-bond donors (Lipinski definition) is 3. The lowest BCUT2D eigenvalue weighted by Gasteiger charge is -2.10. The molecule has 0 bridgehead atoms. The number of nitrogens with one attached hydrogen (secondary N) is 1. The number of carbonyl (C=O) groups is 1. The Hall–Kier alpha value is -1.39. The number of aliphatic hydroxyl groups excluding tert-OH is 2. The van der Waals surface area contributed by atoms with Gasteiger partial charge in [0.25, 0.3) is 5.91 Å². The second-order valence-corrected chi connectivity index (χ2v) is 3.26. The summed E-state index contributed by atoms with van der Waals surface area (Å²) < 4.78 is 0. The van der Waals surface area contributed by atoms with Gasteiger partial charge in [-0.1, -0.05) is 18.2 Å². The SMILES string of the molecule is O=C1NCc2cccc(C(O)CO)c21. The van der Waals surface area contributed by atoms with Gasteiger partial charge >= 0.3 is 0 Å². The molecule has 74 valence electrons. The zero-order valence-electron chi connectivity index (χ0n) is 7.53. The smallest absolute Gasteiger partial charge is 0.252 e. The number of benzene rings is 1. The Morgan fingerprint density at radius 2 is 2.29 bits per heavy atom. The highest BCUT2D eigenvalue weighted by Crippen LogP contribution is 2.24. The van der Waals surface area contributed by atoms with Crippen LogP contribution in [0.4, 0.5) is 0 Å². The molecule has 4 nitrogen and oxygen atoms in total. The summed E-state index contributed by atoms with van der Waals surface area (Å²) in [6.45, 7) is 0.129. The van der Waals surface area contributed by atoms with Gasteiger partial charge in [0.05, 0.1) is 12.2 Å². The van der Waals surface area contributed by atoms with Crippen molar-refractivity contribution in [1.29, 1.82) is 0 Å². The first-order valence-electron chi connectivity index (χ1n) is 4.43. The van der Waals surface area contributed by atoms with E-state index in [4.69, 9.17) is 5.11 Å². The molecule has 1 aliphatic rings. The predicted octanol–water partition coefficient (Wildman–Crippen LogP) is -0.0443. The van der Waals surface area contributed by atoms with Crippen LogP contribution in [0, 0.1) is 0 Å². The molecular weight excluding hydrogens is 182 g/mol. The van der Waals surface area contributed by atoms with E-state index in [0.29, 0.717) is 17.7 Å². The van der Waals surface area contributed by atoms with Crippen LogP contribution >= 0.6 is 0 Å². The van der Waals surface area contributed by atoms with Gasteiger partial charge in [0, 0.05) is 6.54 Å². The van der Waals surface area contributed by atoms with Gasteiger partial charge in [-0.25, -0.2) is 0 Å². The lowest BCUT2D eigenvalue weighted by atomic mass is 9.99. The van der Waals surface area contributed by atoms with Crippen LogP contribution in [0.5, 0.6) is 0 Å². The maximum absolute atomic E-state index is 11.4. The van der Waals surface area contributed by atoms with Gasteiger partial charge < -0.3 is 15.5 Å². The van der Waals surface area contributed by atoms with E-state index < -0.39 is 6.10 Å². The van der Waals surface area contributed by atoms with Crippen molar-refractivity contribution in [1.82, 2.24) is 5.32 Å². The number of fused-ring (bicyclic) bond motifs is 1. The van der Waals surface area contributed by atoms with E-state index in [-0.39, 0.29) is 12.5 Å². The second-order valence-electron chi connectivity index (χ2n) is 3.26. The van der Waals surface area contributed by atoms with Crippen LogP contribution in [-0.4, -0.2) is 22.7 Å². The topological polar surface area (TPSA) is 69.6 Å². The number of rotatable bonds is 2. The lowest BCUT2D eigenvalue weighted by Crippen LogP contribution is -2.15. The Balaban J connectivity index is 2.52. The van der Waals surface area contributed by atoms with Crippen LogP contribution in [0.3, 0.4) is 0 Å². The van der Waals surface area contributed by atoms with Crippen LogP contribution < -0.4 is 5.32 Å². The molecule has 0 saturated carbocycles. The van der Waals surface area contributed by atoms with E-state index in [9.17, 15) is 9.90 Å². The van der Waals surface area contributed by atoms with Crippen molar-refractivity contribution >= 4 is 5.91 Å². The van der Waals surface area contributed by atoms with Crippen LogP contribution in [0.2, 0.25) is 0 Å². The quantitative estimate of drug-likeness (QED) is 0.617. The van der Waals surface area contributed by atoms with Crippen LogP contribution in [-0.2, 0) is 6.54 Å². The fraction of sp³-hybridized carbons (Fsp3) is 0.300. The van der Waals surface area contributed by atoms with Gasteiger partial charge in [0.15, 0.2) is 0 Å². The molecule has 1 aliphatic heterocycles. The molecule has 0 spiro atoms. The Morgan fingerprint density at radius 3 is 3.00 bits per heavy atom. The molecule has 2 rings (SSSR count). The van der Waals surface area contributed by atoms with Crippen molar-refractivity contribution < 1.29 is 15.0 Å². The molecule has 1 aromatic rings. The van der Waals surface area contributed by atoms with E-state index >= 15 is 0 Å². The third kappa shape index (κ3) is 1.29. The minimum absolute atomic E-state index is 0.178. The first-order valence-corrected chi connectivity index (χ1v) is 4.43. The molecule has 0 radical (unpaired) electrons. The molecule has 4 heteroatoms. The summed E-state index contributed by atoms with van der Waals surface area (Å²) in [5.74, 6) is -0.178. The van der Waals surface area contributed by atoms with Crippen LogP contribution in [0.1, 0.15) is 27.6 Å². The normalized spacial score (nSPS) is 16.3. The number of aliphatic hydroxyl groups is 2. The molecule has 0 fully saturated rings. The first kappa shape index (κ1) is 9.18. The van der Waals surface area contributed by atoms with Crippen LogP contribution in [0.15, 0.2) is 18.2 Å². The van der Waals surface area contributed by atoms with E-state index in [2.05, 4.69) is 5.32 Å². The van der Waals surface area contributed by atoms with Crippen molar-refractivity contribution in [3.8, 4) is 0 Å². The molecule has 1 aromatic carbocycles. The molecule has 0 aliphatic carbocycles. The largest absolute Gasteiger partial charge is 0.393 e. The van der Waals surface area contributed by atoms with Gasteiger partial charge in [0.1, 0.15) is 6.10 Å². The average Bonchev–Trinajstić information content (AvgIpc) is 2.59. The summed E-state index contributed by atoms with van der Waals surface area (Å²) in [6, 6.07) is 5.26. The zero-order valence-corrected chi connectivity index (χ0v) is 7.53. The highest BCUT2D eigenvalue weighted by Gasteiger charge is 2.24. The summed E-state index contributed by atoms with van der Waals surface area (Å²) in [7, 11) is 0. The van der Waals surface area contributed by atoms with E-state index in [1.54, 1.807) is 12.1 Å². The highest BCUT2D eigenvalue weighted by atomic mass is 16.3. The maximum atomic E-state index is 11.4. The predicted molar refractivity (Wildman–Crippen MR) is 49.7 cm³/mol. The maximum Gasteiger partial charge on any atom is 0.252 e. The Kier molecular flexibility index (Phi) is 2.23. The fourth-order valence-corrected chi connectivity index (χ4v) is 1.68. The average molecular weight is 193 g/mol. The summed E-state index contributed by atoms with van der Waals surface area (Å²) >= 11 is 0. The minimum atomic E-state index is -0.978. The second kappa shape index (κ2) is 3.40. The van der Waals surface area contributed by atoms with Gasteiger partial charge in [-0.05, 0) is 11.1 Å². The van der Waals surface area contributed by atoms with Crippen molar-refractivity contribution in [2.75, 3.05) is 6.61 Å². The molecule has 1 atom stereocenters. The molecule has 0 aromatic heterocycles. The summed E-state index contributed by atoms with van der Waals surface area (Å²) in [4.78, 5) is 11.4. The Labute approximate surface area is 81.2 Å². The number of hydrogen-bond acceptors (Lipinski definition) is 3.